The fourth-order valence-corrected chi connectivity index (χ4v) is 2.17. The van der Waals surface area contributed by atoms with E-state index in [1.165, 1.54) is 0 Å². The van der Waals surface area contributed by atoms with Crippen molar-refractivity contribution >= 4 is 29.2 Å². The molecule has 0 radical (unpaired) electrons. The van der Waals surface area contributed by atoms with Gasteiger partial charge in [-0.2, -0.15) is 0 Å². The number of aromatic amines is 1. The summed E-state index contributed by atoms with van der Waals surface area (Å²) in [7, 11) is 1.61. The van der Waals surface area contributed by atoms with Gasteiger partial charge in [-0.3, -0.25) is 4.79 Å². The highest BCUT2D eigenvalue weighted by atomic mass is 32.1. The second-order valence-corrected chi connectivity index (χ2v) is 4.34. The number of methoxy groups -OCH3 is 1. The second-order valence-electron chi connectivity index (χ2n) is 3.96. The van der Waals surface area contributed by atoms with Crippen LogP contribution in [-0.4, -0.2) is 35.8 Å². The first kappa shape index (κ1) is 13.6. The quantitative estimate of drug-likeness (QED) is 0.616. The molecule has 1 aromatic heterocycles. The average Bonchev–Trinajstić information content (AvgIpc) is 2.70. The minimum atomic E-state index is -0.482. The van der Waals surface area contributed by atoms with Gasteiger partial charge in [0, 0.05) is 6.54 Å². The van der Waals surface area contributed by atoms with Gasteiger partial charge in [0.2, 0.25) is 5.91 Å². The monoisotopic (exact) mass is 281 g/mol. The molecule has 0 saturated heterocycles. The zero-order valence-electron chi connectivity index (χ0n) is 10.5. The Balaban J connectivity index is 2.21. The number of amides is 1. The van der Waals surface area contributed by atoms with Gasteiger partial charge in [-0.15, -0.1) is 0 Å². The number of rotatable bonds is 6. The Morgan fingerprint density at radius 1 is 1.53 bits per heavy atom. The van der Waals surface area contributed by atoms with Crippen molar-refractivity contribution in [2.24, 2.45) is 5.73 Å². The Kier molecular flexibility index (Phi) is 4.18. The fourth-order valence-electron chi connectivity index (χ4n) is 1.87. The summed E-state index contributed by atoms with van der Waals surface area (Å²) in [6, 6.07) is 5.70. The van der Waals surface area contributed by atoms with E-state index in [1.807, 2.05) is 22.8 Å². The molecule has 0 aliphatic carbocycles. The van der Waals surface area contributed by atoms with Crippen LogP contribution in [0.4, 0.5) is 0 Å². The Morgan fingerprint density at radius 2 is 2.32 bits per heavy atom. The number of aromatic nitrogens is 2. The third kappa shape index (κ3) is 2.94. The number of hydrogen-bond acceptors (Lipinski definition) is 4. The van der Waals surface area contributed by atoms with Crippen molar-refractivity contribution < 1.29 is 14.3 Å². The smallest absolute Gasteiger partial charge is 0.243 e. The van der Waals surface area contributed by atoms with Crippen LogP contribution in [0.5, 0.6) is 5.75 Å². The van der Waals surface area contributed by atoms with E-state index in [9.17, 15) is 4.79 Å². The van der Waals surface area contributed by atoms with E-state index in [4.69, 9.17) is 27.4 Å². The molecule has 0 saturated carbocycles. The molecule has 0 spiro atoms. The number of primary amides is 1. The van der Waals surface area contributed by atoms with E-state index in [-0.39, 0.29) is 6.61 Å². The van der Waals surface area contributed by atoms with E-state index >= 15 is 0 Å². The maximum absolute atomic E-state index is 10.6. The molecule has 1 heterocycles. The van der Waals surface area contributed by atoms with Crippen molar-refractivity contribution in [2.45, 2.75) is 6.54 Å². The number of nitrogens with one attached hydrogen (secondary N) is 1. The molecule has 2 aromatic rings. The molecule has 6 nitrogen and oxygen atoms in total. The van der Waals surface area contributed by atoms with Crippen LogP contribution in [0.3, 0.4) is 0 Å². The number of ether oxygens (including phenoxy) is 2. The molecule has 1 amide bonds. The normalized spacial score (nSPS) is 10.8. The Bertz CT molecular complexity index is 647. The van der Waals surface area contributed by atoms with Crippen LogP contribution in [0, 0.1) is 4.77 Å². The number of H-pyrrole nitrogens is 1. The van der Waals surface area contributed by atoms with E-state index < -0.39 is 5.91 Å². The molecule has 0 aliphatic rings. The third-order valence-corrected chi connectivity index (χ3v) is 3.02. The first-order valence-electron chi connectivity index (χ1n) is 5.75. The van der Waals surface area contributed by atoms with Gasteiger partial charge in [0.1, 0.15) is 17.9 Å². The number of nitrogens with two attached hydrogens (primary N) is 1. The van der Waals surface area contributed by atoms with Gasteiger partial charge in [-0.25, -0.2) is 0 Å². The highest BCUT2D eigenvalue weighted by molar-refractivity contribution is 7.71. The maximum atomic E-state index is 10.6. The van der Waals surface area contributed by atoms with Gasteiger partial charge < -0.3 is 24.8 Å². The second kappa shape index (κ2) is 5.85. The number of benzene rings is 1. The lowest BCUT2D eigenvalue weighted by Crippen LogP contribution is -2.19. The molecule has 0 bridgehead atoms. The third-order valence-electron chi connectivity index (χ3n) is 2.70. The highest BCUT2D eigenvalue weighted by Gasteiger charge is 2.08. The SMILES string of the molecule is COc1cccc2c1[nH]c(=S)n2CCOCC(N)=O. The Labute approximate surface area is 115 Å². The van der Waals surface area contributed by atoms with Crippen molar-refractivity contribution in [3.8, 4) is 5.75 Å². The highest BCUT2D eigenvalue weighted by Crippen LogP contribution is 2.24. The van der Waals surface area contributed by atoms with Crippen LogP contribution in [0.25, 0.3) is 11.0 Å². The molecule has 19 heavy (non-hydrogen) atoms. The van der Waals surface area contributed by atoms with Crippen LogP contribution >= 0.6 is 12.2 Å². The van der Waals surface area contributed by atoms with Crippen LogP contribution in [-0.2, 0) is 16.1 Å². The van der Waals surface area contributed by atoms with Crippen LogP contribution in [0.15, 0.2) is 18.2 Å². The molecule has 3 N–H and O–H groups in total. The molecule has 102 valence electrons. The summed E-state index contributed by atoms with van der Waals surface area (Å²) >= 11 is 5.27. The summed E-state index contributed by atoms with van der Waals surface area (Å²) in [5, 5.41) is 0. The number of para-hydroxylation sites is 1. The molecule has 0 atom stereocenters. The van der Waals surface area contributed by atoms with Gasteiger partial charge in [0.15, 0.2) is 4.77 Å². The number of fused-ring (bicyclic) bond motifs is 1. The zero-order valence-corrected chi connectivity index (χ0v) is 11.3. The van der Waals surface area contributed by atoms with Crippen molar-refractivity contribution in [3.05, 3.63) is 23.0 Å². The molecule has 0 unspecified atom stereocenters. The van der Waals surface area contributed by atoms with Crippen molar-refractivity contribution in [2.75, 3.05) is 20.3 Å². The lowest BCUT2D eigenvalue weighted by molar-refractivity contribution is -0.122. The summed E-state index contributed by atoms with van der Waals surface area (Å²) < 4.78 is 12.9. The number of nitrogens with zero attached hydrogens (tertiary/aromatic N) is 1. The number of hydrogen-bond donors (Lipinski definition) is 2. The largest absolute Gasteiger partial charge is 0.494 e. The maximum Gasteiger partial charge on any atom is 0.243 e. The molecule has 1 aromatic carbocycles. The summed E-state index contributed by atoms with van der Waals surface area (Å²) in [5.41, 5.74) is 6.79. The lowest BCUT2D eigenvalue weighted by Gasteiger charge is -2.05. The molecular formula is C12H15N3O3S. The first-order chi connectivity index (χ1) is 9.13. The van der Waals surface area contributed by atoms with Gasteiger partial charge in [0.05, 0.1) is 19.2 Å². The van der Waals surface area contributed by atoms with Crippen molar-refractivity contribution in [3.63, 3.8) is 0 Å². The van der Waals surface area contributed by atoms with E-state index in [2.05, 4.69) is 4.98 Å². The standard InChI is InChI=1S/C12H15N3O3S/c1-17-9-4-2-3-8-11(9)14-12(19)15(8)5-6-18-7-10(13)16/h2-4H,5-7H2,1H3,(H2,13,16)(H,14,19). The van der Waals surface area contributed by atoms with Crippen LogP contribution < -0.4 is 10.5 Å². The number of carbonyl (C=O) groups excluding carboxylic acids is 1. The fraction of sp³-hybridized carbons (Fsp3) is 0.333. The summed E-state index contributed by atoms with van der Waals surface area (Å²) in [6.07, 6.45) is 0. The van der Waals surface area contributed by atoms with Gasteiger partial charge in [-0.05, 0) is 24.4 Å². The molecular weight excluding hydrogens is 266 g/mol. The predicted molar refractivity (Wildman–Crippen MR) is 73.7 cm³/mol. The number of imidazole rings is 1. The molecule has 0 aliphatic heterocycles. The predicted octanol–water partition coefficient (Wildman–Crippen LogP) is 1.21. The minimum absolute atomic E-state index is 0.0843. The topological polar surface area (TPSA) is 82.3 Å². The molecule has 0 fully saturated rings. The number of carbonyl (C=O) groups is 1. The summed E-state index contributed by atoms with van der Waals surface area (Å²) in [4.78, 5) is 13.7. The van der Waals surface area contributed by atoms with Crippen molar-refractivity contribution in [1.29, 1.82) is 0 Å². The van der Waals surface area contributed by atoms with Gasteiger partial charge in [-0.1, -0.05) is 6.07 Å². The minimum Gasteiger partial charge on any atom is -0.494 e. The van der Waals surface area contributed by atoms with Crippen LogP contribution in [0.2, 0.25) is 0 Å². The zero-order chi connectivity index (χ0) is 13.8. The van der Waals surface area contributed by atoms with E-state index in [1.54, 1.807) is 7.11 Å². The van der Waals surface area contributed by atoms with Gasteiger partial charge >= 0.3 is 0 Å². The van der Waals surface area contributed by atoms with E-state index in [0.29, 0.717) is 17.9 Å². The van der Waals surface area contributed by atoms with Crippen LogP contribution in [0.1, 0.15) is 0 Å². The first-order valence-corrected chi connectivity index (χ1v) is 6.16. The van der Waals surface area contributed by atoms with Crippen molar-refractivity contribution in [1.82, 2.24) is 9.55 Å². The Hall–Kier alpha value is -1.86. The van der Waals surface area contributed by atoms with E-state index in [0.717, 1.165) is 16.8 Å². The Morgan fingerprint density at radius 3 is 3.00 bits per heavy atom. The van der Waals surface area contributed by atoms with Gasteiger partial charge in [0.25, 0.3) is 0 Å². The summed E-state index contributed by atoms with van der Waals surface area (Å²) in [5.74, 6) is 0.254. The molecule has 7 heteroatoms. The molecule has 2 rings (SSSR count). The summed E-state index contributed by atoms with van der Waals surface area (Å²) in [6.45, 7) is 0.819. The lowest BCUT2D eigenvalue weighted by atomic mass is 10.3. The average molecular weight is 281 g/mol.